The lowest BCUT2D eigenvalue weighted by Crippen LogP contribution is -2.14. The van der Waals surface area contributed by atoms with E-state index in [9.17, 15) is 0 Å². The normalized spacial score (nSPS) is 12.0. The molecule has 0 saturated heterocycles. The Morgan fingerprint density at radius 3 is 0.657 bits per heavy atom. The molecule has 0 aromatic heterocycles. The van der Waals surface area contributed by atoms with Gasteiger partial charge in [-0.2, -0.15) is 11.1 Å². The monoisotopic (exact) mass is 528 g/mol. The van der Waals surface area contributed by atoms with Crippen LogP contribution in [0.5, 0.6) is 0 Å². The lowest BCUT2D eigenvalue weighted by atomic mass is 10.0. The fourth-order valence-corrected chi connectivity index (χ4v) is 6.88. The Hall–Kier alpha value is 0.507. The van der Waals surface area contributed by atoms with Crippen LogP contribution >= 0.6 is 11.1 Å². The van der Waals surface area contributed by atoms with Crippen molar-refractivity contribution in [1.29, 1.82) is 0 Å². The third kappa shape index (κ3) is 34.5. The van der Waals surface area contributed by atoms with Crippen molar-refractivity contribution in [2.45, 2.75) is 212 Å². The van der Waals surface area contributed by atoms with E-state index < -0.39 is 7.38 Å². The zero-order chi connectivity index (χ0) is 25.7. The van der Waals surface area contributed by atoms with Crippen molar-refractivity contribution < 1.29 is 0 Å². The minimum atomic E-state index is -1.31. The van der Waals surface area contributed by atoms with Gasteiger partial charge in [0, 0.05) is 0 Å². The summed E-state index contributed by atoms with van der Waals surface area (Å²) in [6.07, 6.45) is 42.6. The van der Waals surface area contributed by atoms with E-state index in [4.69, 9.17) is 11.1 Å². The second kappa shape index (κ2) is 29.1. The van der Waals surface area contributed by atoms with Gasteiger partial charge in [-0.3, -0.25) is 0 Å². The van der Waals surface area contributed by atoms with Crippen molar-refractivity contribution in [2.75, 3.05) is 0 Å². The maximum Gasteiger partial charge on any atom is 0.150 e. The van der Waals surface area contributed by atoms with Gasteiger partial charge in [0.25, 0.3) is 0 Å². The molecule has 0 saturated carbocycles. The van der Waals surface area contributed by atoms with Gasteiger partial charge in [-0.15, -0.1) is 0 Å². The van der Waals surface area contributed by atoms with Crippen molar-refractivity contribution >= 4 is 18.5 Å². The highest BCUT2D eigenvalue weighted by atomic mass is 35.6. The average molecular weight is 529 g/mol. The van der Waals surface area contributed by atoms with Gasteiger partial charge >= 0.3 is 0 Å². The average Bonchev–Trinajstić information content (AvgIpc) is 2.82. The molecule has 0 nitrogen and oxygen atoms in total. The second-order valence-electron chi connectivity index (χ2n) is 12.4. The van der Waals surface area contributed by atoms with Crippen molar-refractivity contribution in [3.05, 3.63) is 0 Å². The molecule has 0 radical (unpaired) electrons. The minimum absolute atomic E-state index is 1.30. The predicted octanol–water partition coefficient (Wildman–Crippen LogP) is 13.8. The first-order valence-electron chi connectivity index (χ1n) is 16.7. The van der Waals surface area contributed by atoms with E-state index in [1.54, 1.807) is 0 Å². The van der Waals surface area contributed by atoms with Crippen LogP contribution in [-0.4, -0.2) is 7.38 Å². The van der Waals surface area contributed by atoms with Crippen molar-refractivity contribution in [1.82, 2.24) is 0 Å². The Kier molecular flexibility index (Phi) is 29.5. The smallest absolute Gasteiger partial charge is 0.150 e. The molecule has 0 unspecified atom stereocenters. The zero-order valence-electron chi connectivity index (χ0n) is 25.1. The minimum Gasteiger partial charge on any atom is -0.168 e. The fraction of sp³-hybridized carbons (Fsp3) is 1.00. The molecule has 0 N–H and O–H groups in total. The van der Waals surface area contributed by atoms with Crippen molar-refractivity contribution in [3.8, 4) is 0 Å². The van der Waals surface area contributed by atoms with Gasteiger partial charge in [-0.25, -0.2) is 0 Å². The van der Waals surface area contributed by atoms with Crippen LogP contribution in [0.15, 0.2) is 0 Å². The summed E-state index contributed by atoms with van der Waals surface area (Å²) < 4.78 is 0. The quantitative estimate of drug-likeness (QED) is 0.0493. The molecular weight excluding hydrogens is 460 g/mol. The van der Waals surface area contributed by atoms with Crippen LogP contribution in [0, 0.1) is 0 Å². The van der Waals surface area contributed by atoms with Gasteiger partial charge in [0.15, 0.2) is 0 Å². The van der Waals surface area contributed by atoms with Crippen LogP contribution in [0.1, 0.15) is 193 Å². The molecular formula is C33H69ClSi. The lowest BCUT2D eigenvalue weighted by Gasteiger charge is -2.11. The highest BCUT2D eigenvalue weighted by molar-refractivity contribution is 7.19. The molecule has 0 bridgehead atoms. The van der Waals surface area contributed by atoms with Gasteiger partial charge < -0.3 is 0 Å². The van der Waals surface area contributed by atoms with E-state index in [1.807, 2.05) is 0 Å². The molecule has 0 aromatic carbocycles. The Labute approximate surface area is 230 Å². The van der Waals surface area contributed by atoms with E-state index in [1.165, 1.54) is 192 Å². The largest absolute Gasteiger partial charge is 0.168 e. The summed E-state index contributed by atoms with van der Waals surface area (Å²) in [5, 5.41) is 0. The number of hydrogen-bond donors (Lipinski definition) is 0. The first-order chi connectivity index (χ1) is 17.1. The van der Waals surface area contributed by atoms with Crippen LogP contribution in [0.2, 0.25) is 19.1 Å². The SMILES string of the molecule is CCCCCCCCCCCCCCCCCCCCCCCCCCCCCCC[Si](C)(C)Cl. The van der Waals surface area contributed by atoms with E-state index in [2.05, 4.69) is 20.0 Å². The summed E-state index contributed by atoms with van der Waals surface area (Å²) in [4.78, 5) is 0. The lowest BCUT2D eigenvalue weighted by molar-refractivity contribution is 0.514. The van der Waals surface area contributed by atoms with Crippen molar-refractivity contribution in [2.24, 2.45) is 0 Å². The summed E-state index contributed by atoms with van der Waals surface area (Å²) in [5.74, 6) is 0. The zero-order valence-corrected chi connectivity index (χ0v) is 26.8. The van der Waals surface area contributed by atoms with Crippen LogP contribution < -0.4 is 0 Å². The van der Waals surface area contributed by atoms with Crippen LogP contribution in [0.25, 0.3) is 0 Å². The van der Waals surface area contributed by atoms with Gasteiger partial charge in [0.2, 0.25) is 0 Å². The van der Waals surface area contributed by atoms with Gasteiger partial charge in [-0.05, 0) is 6.04 Å². The summed E-state index contributed by atoms with van der Waals surface area (Å²) >= 11 is 6.39. The Morgan fingerprint density at radius 1 is 0.314 bits per heavy atom. The third-order valence-corrected chi connectivity index (χ3v) is 9.98. The van der Waals surface area contributed by atoms with Gasteiger partial charge in [0.1, 0.15) is 7.38 Å². The molecule has 0 aliphatic rings. The van der Waals surface area contributed by atoms with Gasteiger partial charge in [0.05, 0.1) is 0 Å². The first kappa shape index (κ1) is 35.5. The first-order valence-corrected chi connectivity index (χ1v) is 21.0. The van der Waals surface area contributed by atoms with E-state index >= 15 is 0 Å². The molecule has 0 aliphatic heterocycles. The second-order valence-corrected chi connectivity index (χ2v) is 19.4. The molecule has 0 spiro atoms. The van der Waals surface area contributed by atoms with Crippen LogP contribution in [-0.2, 0) is 0 Å². The molecule has 0 aromatic rings. The maximum atomic E-state index is 6.39. The summed E-state index contributed by atoms with van der Waals surface area (Å²) in [5.41, 5.74) is 0. The Morgan fingerprint density at radius 2 is 0.486 bits per heavy atom. The Bertz CT molecular complexity index is 376. The molecule has 0 aliphatic carbocycles. The molecule has 0 amide bonds. The number of halogens is 1. The fourth-order valence-electron chi connectivity index (χ4n) is 5.39. The maximum absolute atomic E-state index is 6.39. The standard InChI is InChI=1S/C33H69ClSi/c1-4-5-6-7-8-9-10-11-12-13-14-15-16-17-18-19-20-21-22-23-24-25-26-27-28-29-30-31-32-33-35(2,3)34/h4-33H2,1-3H3. The molecule has 2 heteroatoms. The van der Waals surface area contributed by atoms with E-state index in [0.29, 0.717) is 0 Å². The highest BCUT2D eigenvalue weighted by Crippen LogP contribution is 2.20. The van der Waals surface area contributed by atoms with Gasteiger partial charge in [-0.1, -0.05) is 206 Å². The molecule has 0 fully saturated rings. The molecule has 212 valence electrons. The van der Waals surface area contributed by atoms with E-state index in [-0.39, 0.29) is 0 Å². The van der Waals surface area contributed by atoms with E-state index in [0.717, 1.165) is 0 Å². The summed E-state index contributed by atoms with van der Waals surface area (Å²) in [6, 6.07) is 1.30. The molecule has 0 heterocycles. The Balaban J connectivity index is 3.03. The summed E-state index contributed by atoms with van der Waals surface area (Å²) in [7, 11) is -1.31. The number of unbranched alkanes of at least 4 members (excludes halogenated alkanes) is 28. The third-order valence-electron chi connectivity index (χ3n) is 7.87. The number of hydrogen-bond acceptors (Lipinski definition) is 0. The molecule has 0 rings (SSSR count). The summed E-state index contributed by atoms with van der Waals surface area (Å²) in [6.45, 7) is 6.85. The van der Waals surface area contributed by atoms with Crippen molar-refractivity contribution in [3.63, 3.8) is 0 Å². The predicted molar refractivity (Wildman–Crippen MR) is 168 cm³/mol. The van der Waals surface area contributed by atoms with Crippen LogP contribution in [0.4, 0.5) is 0 Å². The van der Waals surface area contributed by atoms with Crippen LogP contribution in [0.3, 0.4) is 0 Å². The highest BCUT2D eigenvalue weighted by Gasteiger charge is 2.15. The molecule has 35 heavy (non-hydrogen) atoms. The molecule has 0 atom stereocenters. The topological polar surface area (TPSA) is 0 Å². The number of rotatable bonds is 30.